The largest absolute Gasteiger partial charge is 0.351 e. The van der Waals surface area contributed by atoms with Crippen LogP contribution in [0.2, 0.25) is 0 Å². The van der Waals surface area contributed by atoms with Gasteiger partial charge in [0.15, 0.2) is 0 Å². The number of amides is 1. The molecule has 1 unspecified atom stereocenters. The molecule has 2 heterocycles. The summed E-state index contributed by atoms with van der Waals surface area (Å²) < 4.78 is 2.02. The van der Waals surface area contributed by atoms with Crippen LogP contribution in [0, 0.1) is 11.8 Å². The molecule has 4 heteroatoms. The molecule has 1 aliphatic carbocycles. The molecule has 3 atom stereocenters. The number of hydrogen-bond acceptors (Lipinski definition) is 2. The SMILES string of the molecule is CN1C[C@@H]2C(NC(=O)Cn3ccc4ccccc43)[C@@H]2C1. The van der Waals surface area contributed by atoms with Crippen LogP contribution in [-0.2, 0) is 11.3 Å². The standard InChI is InChI=1S/C16H19N3O/c1-18-8-12-13(9-18)16(12)17-15(20)10-19-7-6-11-4-2-3-5-14(11)19/h2-7,12-13,16H,8-10H2,1H3,(H,17,20)/t12-,13+,16?. The van der Waals surface area contributed by atoms with E-state index in [1.165, 1.54) is 5.39 Å². The first-order chi connectivity index (χ1) is 9.72. The van der Waals surface area contributed by atoms with Crippen LogP contribution in [0.3, 0.4) is 0 Å². The van der Waals surface area contributed by atoms with E-state index in [0.29, 0.717) is 24.4 Å². The molecule has 1 N–H and O–H groups in total. The average molecular weight is 269 g/mol. The lowest BCUT2D eigenvalue weighted by Crippen LogP contribution is -2.35. The summed E-state index contributed by atoms with van der Waals surface area (Å²) >= 11 is 0. The number of fused-ring (bicyclic) bond motifs is 2. The third-order valence-electron chi connectivity index (χ3n) is 4.70. The Labute approximate surface area is 118 Å². The van der Waals surface area contributed by atoms with E-state index in [9.17, 15) is 4.79 Å². The fourth-order valence-electron chi connectivity index (χ4n) is 3.62. The summed E-state index contributed by atoms with van der Waals surface area (Å²) in [6.45, 7) is 2.67. The second kappa shape index (κ2) is 4.35. The number of benzene rings is 1. The van der Waals surface area contributed by atoms with Crippen molar-refractivity contribution in [1.29, 1.82) is 0 Å². The van der Waals surface area contributed by atoms with Crippen LogP contribution in [0.25, 0.3) is 10.9 Å². The molecule has 104 valence electrons. The predicted octanol–water partition coefficient (Wildman–Crippen LogP) is 1.32. The zero-order chi connectivity index (χ0) is 13.7. The molecule has 1 aliphatic heterocycles. The van der Waals surface area contributed by atoms with Gasteiger partial charge in [0.1, 0.15) is 6.54 Å². The average Bonchev–Trinajstić information content (AvgIpc) is 2.81. The van der Waals surface area contributed by atoms with Crippen LogP contribution >= 0.6 is 0 Å². The van der Waals surface area contributed by atoms with E-state index in [4.69, 9.17) is 0 Å². The predicted molar refractivity (Wildman–Crippen MR) is 78.3 cm³/mol. The van der Waals surface area contributed by atoms with E-state index in [0.717, 1.165) is 18.6 Å². The van der Waals surface area contributed by atoms with Crippen LogP contribution in [0.4, 0.5) is 0 Å². The number of carbonyl (C=O) groups is 1. The molecule has 0 radical (unpaired) electrons. The lowest BCUT2D eigenvalue weighted by molar-refractivity contribution is -0.121. The molecule has 1 saturated carbocycles. The quantitative estimate of drug-likeness (QED) is 0.912. The van der Waals surface area contributed by atoms with Crippen molar-refractivity contribution >= 4 is 16.8 Å². The van der Waals surface area contributed by atoms with Gasteiger partial charge in [-0.3, -0.25) is 4.79 Å². The minimum atomic E-state index is 0.133. The van der Waals surface area contributed by atoms with E-state index in [2.05, 4.69) is 35.5 Å². The molecule has 1 aromatic heterocycles. The van der Waals surface area contributed by atoms with Gasteiger partial charge in [-0.2, -0.15) is 0 Å². The highest BCUT2D eigenvalue weighted by Crippen LogP contribution is 2.44. The van der Waals surface area contributed by atoms with Crippen LogP contribution in [0.15, 0.2) is 36.5 Å². The summed E-state index contributed by atoms with van der Waals surface area (Å²) in [6, 6.07) is 10.6. The molecule has 1 aromatic carbocycles. The maximum atomic E-state index is 12.2. The van der Waals surface area contributed by atoms with Crippen molar-refractivity contribution < 1.29 is 4.79 Å². The zero-order valence-electron chi connectivity index (χ0n) is 11.6. The van der Waals surface area contributed by atoms with Gasteiger partial charge in [0.05, 0.1) is 0 Å². The number of nitrogens with one attached hydrogen (secondary N) is 1. The Morgan fingerprint density at radius 3 is 2.80 bits per heavy atom. The second-order valence-corrected chi connectivity index (χ2v) is 6.14. The molecular formula is C16H19N3O. The van der Waals surface area contributed by atoms with E-state index >= 15 is 0 Å². The van der Waals surface area contributed by atoms with Crippen molar-refractivity contribution in [3.63, 3.8) is 0 Å². The topological polar surface area (TPSA) is 37.3 Å². The highest BCUT2D eigenvalue weighted by Gasteiger charge is 2.55. The smallest absolute Gasteiger partial charge is 0.240 e. The van der Waals surface area contributed by atoms with Gasteiger partial charge in [0.25, 0.3) is 0 Å². The summed E-state index contributed by atoms with van der Waals surface area (Å²) in [5.74, 6) is 1.50. The maximum Gasteiger partial charge on any atom is 0.240 e. The summed E-state index contributed by atoms with van der Waals surface area (Å²) in [5, 5.41) is 4.38. The molecule has 0 bridgehead atoms. The first kappa shape index (κ1) is 12.0. The number of carbonyl (C=O) groups excluding carboxylic acids is 1. The molecule has 4 nitrogen and oxygen atoms in total. The van der Waals surface area contributed by atoms with E-state index in [-0.39, 0.29) is 5.91 Å². The zero-order valence-corrected chi connectivity index (χ0v) is 11.6. The number of hydrogen-bond donors (Lipinski definition) is 1. The third kappa shape index (κ3) is 1.91. The summed E-state index contributed by atoms with van der Waals surface area (Å²) in [6.07, 6.45) is 1.99. The van der Waals surface area contributed by atoms with Gasteiger partial charge in [0.2, 0.25) is 5.91 Å². The Morgan fingerprint density at radius 1 is 1.25 bits per heavy atom. The van der Waals surface area contributed by atoms with Crippen molar-refractivity contribution in [2.75, 3.05) is 20.1 Å². The molecule has 2 aromatic rings. The van der Waals surface area contributed by atoms with Gasteiger partial charge in [-0.1, -0.05) is 18.2 Å². The second-order valence-electron chi connectivity index (χ2n) is 6.14. The van der Waals surface area contributed by atoms with Gasteiger partial charge in [-0.15, -0.1) is 0 Å². The van der Waals surface area contributed by atoms with E-state index in [1.807, 2.05) is 22.9 Å². The molecule has 20 heavy (non-hydrogen) atoms. The minimum Gasteiger partial charge on any atom is -0.351 e. The first-order valence-electron chi connectivity index (χ1n) is 7.24. The number of aromatic nitrogens is 1. The number of piperidine rings is 1. The van der Waals surface area contributed by atoms with Crippen molar-refractivity contribution in [3.8, 4) is 0 Å². The molecule has 4 rings (SSSR count). The molecule has 1 saturated heterocycles. The van der Waals surface area contributed by atoms with Crippen molar-refractivity contribution in [3.05, 3.63) is 36.5 Å². The molecule has 1 amide bonds. The normalized spacial score (nSPS) is 28.6. The highest BCUT2D eigenvalue weighted by atomic mass is 16.2. The summed E-state index contributed by atoms with van der Waals surface area (Å²) in [5.41, 5.74) is 1.12. The Hall–Kier alpha value is -1.81. The van der Waals surface area contributed by atoms with Gasteiger partial charge in [0, 0.05) is 30.8 Å². The fraction of sp³-hybridized carbons (Fsp3) is 0.438. The van der Waals surface area contributed by atoms with Gasteiger partial charge in [-0.05, 0) is 36.4 Å². The third-order valence-corrected chi connectivity index (χ3v) is 4.70. The molecule has 2 aliphatic rings. The minimum absolute atomic E-state index is 0.133. The van der Waals surface area contributed by atoms with Crippen molar-refractivity contribution in [1.82, 2.24) is 14.8 Å². The Kier molecular flexibility index (Phi) is 2.60. The van der Waals surface area contributed by atoms with E-state index < -0.39 is 0 Å². The lowest BCUT2D eigenvalue weighted by atomic mass is 10.2. The molecule has 2 fully saturated rings. The van der Waals surface area contributed by atoms with Crippen LogP contribution in [0.5, 0.6) is 0 Å². The van der Waals surface area contributed by atoms with Gasteiger partial charge >= 0.3 is 0 Å². The van der Waals surface area contributed by atoms with Crippen molar-refractivity contribution in [2.45, 2.75) is 12.6 Å². The van der Waals surface area contributed by atoms with Crippen molar-refractivity contribution in [2.24, 2.45) is 11.8 Å². The monoisotopic (exact) mass is 269 g/mol. The van der Waals surface area contributed by atoms with Gasteiger partial charge in [-0.25, -0.2) is 0 Å². The number of likely N-dealkylation sites (tertiary alicyclic amines) is 1. The Bertz CT molecular complexity index is 651. The van der Waals surface area contributed by atoms with Crippen LogP contribution in [0.1, 0.15) is 0 Å². The lowest BCUT2D eigenvalue weighted by Gasteiger charge is -2.14. The Morgan fingerprint density at radius 2 is 2.00 bits per heavy atom. The van der Waals surface area contributed by atoms with E-state index in [1.54, 1.807) is 0 Å². The number of para-hydroxylation sites is 1. The Balaban J connectivity index is 1.41. The highest BCUT2D eigenvalue weighted by molar-refractivity contribution is 5.83. The fourth-order valence-corrected chi connectivity index (χ4v) is 3.62. The number of rotatable bonds is 3. The van der Waals surface area contributed by atoms with Gasteiger partial charge < -0.3 is 14.8 Å². The summed E-state index contributed by atoms with van der Waals surface area (Å²) in [4.78, 5) is 14.5. The number of nitrogens with zero attached hydrogens (tertiary/aromatic N) is 2. The van der Waals surface area contributed by atoms with Crippen LogP contribution < -0.4 is 5.32 Å². The molecular weight excluding hydrogens is 250 g/mol. The van der Waals surface area contributed by atoms with Crippen LogP contribution in [-0.4, -0.2) is 41.6 Å². The maximum absolute atomic E-state index is 12.2. The first-order valence-corrected chi connectivity index (χ1v) is 7.24. The summed E-state index contributed by atoms with van der Waals surface area (Å²) in [7, 11) is 2.15. The molecule has 0 spiro atoms.